The second-order valence-electron chi connectivity index (χ2n) is 8.26. The molecule has 162 valence electrons. The maximum atomic E-state index is 13.0. The molecule has 4 rings (SSSR count). The van der Waals surface area contributed by atoms with E-state index < -0.39 is 11.9 Å². The highest BCUT2D eigenvalue weighted by atomic mass is 16.5. The van der Waals surface area contributed by atoms with Crippen LogP contribution in [0.1, 0.15) is 37.7 Å². The summed E-state index contributed by atoms with van der Waals surface area (Å²) in [7, 11) is 0. The summed E-state index contributed by atoms with van der Waals surface area (Å²) >= 11 is 0. The first kappa shape index (κ1) is 20.9. The zero-order valence-electron chi connectivity index (χ0n) is 17.5. The van der Waals surface area contributed by atoms with Crippen LogP contribution < -0.4 is 21.8 Å². The molecule has 1 aliphatic carbocycles. The second kappa shape index (κ2) is 9.22. The number of amides is 1. The first-order chi connectivity index (χ1) is 15.1. The number of fused-ring (bicyclic) bond motifs is 1. The zero-order valence-corrected chi connectivity index (χ0v) is 17.5. The lowest BCUT2D eigenvalue weighted by atomic mass is 9.82. The van der Waals surface area contributed by atoms with E-state index in [1.807, 2.05) is 58.9 Å². The number of hydroxylamine groups is 1. The highest BCUT2D eigenvalue weighted by Gasteiger charge is 2.35. The standard InChI is InChI=1S/C24H29N5O2/c25-20-13-18-11-12-27-23(26)19(18)14-21(20)29(15-16-7-3-1-4-8-16)22(24(30)28-31)17-9-5-2-6-10-17/h1,3-4,7-8,11-14,17,22,31H,2,5-6,9-10,15,25H2,(H2,26,27)(H,28,30). The quantitative estimate of drug-likeness (QED) is 0.274. The lowest BCUT2D eigenvalue weighted by Crippen LogP contribution is -2.51. The molecule has 1 aromatic heterocycles. The van der Waals surface area contributed by atoms with Crippen LogP contribution in [-0.2, 0) is 11.3 Å². The van der Waals surface area contributed by atoms with Gasteiger partial charge in [0.1, 0.15) is 11.9 Å². The van der Waals surface area contributed by atoms with Crippen molar-refractivity contribution in [2.75, 3.05) is 16.4 Å². The number of nitrogens with two attached hydrogens (primary N) is 2. The molecule has 1 heterocycles. The molecular weight excluding hydrogens is 390 g/mol. The number of anilines is 3. The Morgan fingerprint density at radius 2 is 1.87 bits per heavy atom. The second-order valence-corrected chi connectivity index (χ2v) is 8.26. The highest BCUT2D eigenvalue weighted by molar-refractivity contribution is 5.98. The van der Waals surface area contributed by atoms with Crippen LogP contribution in [0.3, 0.4) is 0 Å². The number of hydrogen-bond donors (Lipinski definition) is 4. The number of aromatic nitrogens is 1. The Balaban J connectivity index is 1.85. The average Bonchev–Trinajstić information content (AvgIpc) is 2.80. The third kappa shape index (κ3) is 4.41. The third-order valence-corrected chi connectivity index (χ3v) is 6.26. The van der Waals surface area contributed by atoms with E-state index in [9.17, 15) is 10.0 Å². The Hall–Kier alpha value is -3.32. The lowest BCUT2D eigenvalue weighted by molar-refractivity contribution is -0.132. The summed E-state index contributed by atoms with van der Waals surface area (Å²) in [5, 5.41) is 11.3. The van der Waals surface area contributed by atoms with Crippen molar-refractivity contribution >= 4 is 33.9 Å². The van der Waals surface area contributed by atoms with E-state index in [-0.39, 0.29) is 5.92 Å². The number of rotatable bonds is 6. The fourth-order valence-electron chi connectivity index (χ4n) is 4.74. The Morgan fingerprint density at radius 1 is 1.13 bits per heavy atom. The number of carbonyl (C=O) groups is 1. The molecule has 1 aliphatic rings. The Morgan fingerprint density at radius 3 is 2.58 bits per heavy atom. The summed E-state index contributed by atoms with van der Waals surface area (Å²) in [6.45, 7) is 0.477. The van der Waals surface area contributed by atoms with E-state index in [2.05, 4.69) is 4.98 Å². The highest BCUT2D eigenvalue weighted by Crippen LogP contribution is 2.37. The molecule has 1 saturated carbocycles. The van der Waals surface area contributed by atoms with Gasteiger partial charge in [-0.05, 0) is 47.9 Å². The number of hydrogen-bond acceptors (Lipinski definition) is 6. The summed E-state index contributed by atoms with van der Waals surface area (Å²) < 4.78 is 0. The SMILES string of the molecule is Nc1cc2ccnc(N)c2cc1N(Cc1ccccc1)C(C(=O)NO)C1CCCCC1. The molecule has 6 N–H and O–H groups in total. The third-order valence-electron chi connectivity index (χ3n) is 6.26. The average molecular weight is 420 g/mol. The summed E-state index contributed by atoms with van der Waals surface area (Å²) in [6.07, 6.45) is 6.83. The van der Waals surface area contributed by atoms with Gasteiger partial charge in [0.05, 0.1) is 11.4 Å². The van der Waals surface area contributed by atoms with Gasteiger partial charge >= 0.3 is 0 Å². The minimum Gasteiger partial charge on any atom is -0.397 e. The fourth-order valence-corrected chi connectivity index (χ4v) is 4.74. The van der Waals surface area contributed by atoms with Crippen LogP contribution in [0, 0.1) is 5.92 Å². The van der Waals surface area contributed by atoms with E-state index in [0.717, 1.165) is 47.7 Å². The number of nitrogen functional groups attached to an aromatic ring is 2. The molecule has 0 aliphatic heterocycles. The summed E-state index contributed by atoms with van der Waals surface area (Å²) in [4.78, 5) is 19.2. The maximum Gasteiger partial charge on any atom is 0.266 e. The van der Waals surface area contributed by atoms with Crippen LogP contribution in [0.2, 0.25) is 0 Å². The van der Waals surface area contributed by atoms with Crippen LogP contribution in [-0.4, -0.2) is 22.1 Å². The predicted octanol–water partition coefficient (Wildman–Crippen LogP) is 3.86. The van der Waals surface area contributed by atoms with Crippen LogP contribution in [0.15, 0.2) is 54.7 Å². The van der Waals surface area contributed by atoms with Crippen LogP contribution in [0.5, 0.6) is 0 Å². The smallest absolute Gasteiger partial charge is 0.266 e. The molecule has 7 nitrogen and oxygen atoms in total. The molecule has 2 aromatic carbocycles. The molecule has 1 amide bonds. The lowest BCUT2D eigenvalue weighted by Gasteiger charge is -2.39. The number of benzene rings is 2. The van der Waals surface area contributed by atoms with Crippen LogP contribution in [0.4, 0.5) is 17.2 Å². The van der Waals surface area contributed by atoms with Crippen LogP contribution >= 0.6 is 0 Å². The Bertz CT molecular complexity index is 1050. The monoisotopic (exact) mass is 419 g/mol. The van der Waals surface area contributed by atoms with Crippen molar-refractivity contribution in [1.29, 1.82) is 0 Å². The Kier molecular flexibility index (Phi) is 6.23. The molecule has 1 atom stereocenters. The summed E-state index contributed by atoms with van der Waals surface area (Å²) in [6, 6.07) is 15.1. The van der Waals surface area contributed by atoms with E-state index in [1.54, 1.807) is 6.20 Å². The van der Waals surface area contributed by atoms with Crippen molar-refractivity contribution in [2.24, 2.45) is 5.92 Å². The van der Waals surface area contributed by atoms with Gasteiger partial charge in [-0.2, -0.15) is 0 Å². The number of pyridine rings is 1. The van der Waals surface area contributed by atoms with Crippen molar-refractivity contribution in [3.8, 4) is 0 Å². The minimum atomic E-state index is -0.553. The molecule has 31 heavy (non-hydrogen) atoms. The van der Waals surface area contributed by atoms with Crippen molar-refractivity contribution in [3.05, 3.63) is 60.3 Å². The van der Waals surface area contributed by atoms with Crippen molar-refractivity contribution in [3.63, 3.8) is 0 Å². The molecule has 3 aromatic rings. The number of nitrogens with one attached hydrogen (secondary N) is 1. The molecule has 0 saturated heterocycles. The van der Waals surface area contributed by atoms with Gasteiger partial charge in [-0.3, -0.25) is 10.0 Å². The molecule has 0 bridgehead atoms. The van der Waals surface area contributed by atoms with Gasteiger partial charge in [0, 0.05) is 18.1 Å². The van der Waals surface area contributed by atoms with Gasteiger partial charge in [-0.1, -0.05) is 49.6 Å². The molecular formula is C24H29N5O2. The molecule has 1 unspecified atom stereocenters. The van der Waals surface area contributed by atoms with Gasteiger partial charge in [0.25, 0.3) is 5.91 Å². The first-order valence-corrected chi connectivity index (χ1v) is 10.8. The number of carbonyl (C=O) groups excluding carboxylic acids is 1. The topological polar surface area (TPSA) is 117 Å². The van der Waals surface area contributed by atoms with Gasteiger partial charge in [0.2, 0.25) is 0 Å². The van der Waals surface area contributed by atoms with Crippen molar-refractivity contribution < 1.29 is 10.0 Å². The number of nitrogens with zero attached hydrogens (tertiary/aromatic N) is 2. The Labute approximate surface area is 182 Å². The fraction of sp³-hybridized carbons (Fsp3) is 0.333. The largest absolute Gasteiger partial charge is 0.397 e. The van der Waals surface area contributed by atoms with E-state index in [4.69, 9.17) is 11.5 Å². The summed E-state index contributed by atoms with van der Waals surface area (Å²) in [5.74, 6) is 0.117. The van der Waals surface area contributed by atoms with Crippen LogP contribution in [0.25, 0.3) is 10.8 Å². The molecule has 7 heteroatoms. The van der Waals surface area contributed by atoms with E-state index >= 15 is 0 Å². The molecule has 1 fully saturated rings. The molecule has 0 spiro atoms. The van der Waals surface area contributed by atoms with Gasteiger partial charge in [-0.25, -0.2) is 10.5 Å². The van der Waals surface area contributed by atoms with E-state index in [1.165, 1.54) is 6.42 Å². The van der Waals surface area contributed by atoms with Crippen molar-refractivity contribution in [1.82, 2.24) is 10.5 Å². The predicted molar refractivity (Wildman–Crippen MR) is 123 cm³/mol. The first-order valence-electron chi connectivity index (χ1n) is 10.8. The maximum absolute atomic E-state index is 13.0. The zero-order chi connectivity index (χ0) is 21.8. The molecule has 0 radical (unpaired) electrons. The summed E-state index contributed by atoms with van der Waals surface area (Å²) in [5.41, 5.74) is 16.9. The van der Waals surface area contributed by atoms with Gasteiger partial charge in [-0.15, -0.1) is 0 Å². The van der Waals surface area contributed by atoms with E-state index in [0.29, 0.717) is 18.1 Å². The van der Waals surface area contributed by atoms with Gasteiger partial charge in [0.15, 0.2) is 0 Å². The van der Waals surface area contributed by atoms with Gasteiger partial charge < -0.3 is 16.4 Å². The minimum absolute atomic E-state index is 0.117. The normalized spacial score (nSPS) is 15.5. The van der Waals surface area contributed by atoms with Crippen molar-refractivity contribution in [2.45, 2.75) is 44.7 Å².